The molecule has 0 radical (unpaired) electrons. The zero-order valence-electron chi connectivity index (χ0n) is 15.6. The first kappa shape index (κ1) is 19.5. The predicted molar refractivity (Wildman–Crippen MR) is 109 cm³/mol. The van der Waals surface area contributed by atoms with E-state index in [0.717, 1.165) is 11.3 Å². The van der Waals surface area contributed by atoms with Gasteiger partial charge in [-0.1, -0.05) is 0 Å². The molecule has 0 bridgehead atoms. The number of methoxy groups -OCH3 is 1. The van der Waals surface area contributed by atoms with Crippen LogP contribution in [0, 0.1) is 4.77 Å². The topological polar surface area (TPSA) is 89.0 Å². The van der Waals surface area contributed by atoms with E-state index >= 15 is 0 Å². The van der Waals surface area contributed by atoms with Crippen molar-refractivity contribution in [3.63, 3.8) is 0 Å². The summed E-state index contributed by atoms with van der Waals surface area (Å²) in [7, 11) is 1.61. The normalized spacial score (nSPS) is 10.5. The molecule has 1 aromatic heterocycles. The van der Waals surface area contributed by atoms with E-state index < -0.39 is 0 Å². The summed E-state index contributed by atoms with van der Waals surface area (Å²) in [5.41, 5.74) is 2.11. The summed E-state index contributed by atoms with van der Waals surface area (Å²) in [6.45, 7) is 1.89. The molecule has 3 rings (SSSR count). The lowest BCUT2D eigenvalue weighted by molar-refractivity contribution is -0.116. The van der Waals surface area contributed by atoms with Crippen molar-refractivity contribution in [3.8, 4) is 17.1 Å². The highest BCUT2D eigenvalue weighted by Gasteiger charge is 2.11. The summed E-state index contributed by atoms with van der Waals surface area (Å²) < 4.78 is 7.41. The standard InChI is InChI=1S/C20H20N4O3S/c1-13(25)14-3-7-16(8-4-14)21-18(26)11-12-24-19(22-23-20(24)28)15-5-9-17(27-2)10-6-15/h3-10H,11-12H2,1-2H3,(H,21,26)(H,23,28). The maximum atomic E-state index is 12.3. The number of rotatable bonds is 7. The Labute approximate surface area is 167 Å². The van der Waals surface area contributed by atoms with Crippen molar-refractivity contribution in [1.82, 2.24) is 14.8 Å². The molecule has 3 aromatic rings. The lowest BCUT2D eigenvalue weighted by Gasteiger charge is -2.09. The molecular formula is C20H20N4O3S. The maximum absolute atomic E-state index is 12.3. The van der Waals surface area contributed by atoms with Crippen molar-refractivity contribution in [2.24, 2.45) is 0 Å². The van der Waals surface area contributed by atoms with E-state index in [1.165, 1.54) is 6.92 Å². The van der Waals surface area contributed by atoms with Gasteiger partial charge in [0, 0.05) is 29.8 Å². The number of carbonyl (C=O) groups excluding carboxylic acids is 2. The van der Waals surface area contributed by atoms with E-state index in [4.69, 9.17) is 17.0 Å². The quantitative estimate of drug-likeness (QED) is 0.468. The number of benzene rings is 2. The molecule has 0 saturated carbocycles. The van der Waals surface area contributed by atoms with Crippen LogP contribution in [0.3, 0.4) is 0 Å². The predicted octanol–water partition coefficient (Wildman–Crippen LogP) is 3.85. The van der Waals surface area contributed by atoms with Gasteiger partial charge in [-0.3, -0.25) is 19.3 Å². The van der Waals surface area contributed by atoms with Gasteiger partial charge in [0.05, 0.1) is 7.11 Å². The van der Waals surface area contributed by atoms with Gasteiger partial charge in [-0.15, -0.1) is 0 Å². The number of ether oxygens (including phenoxy) is 1. The van der Waals surface area contributed by atoms with Crippen LogP contribution in [0.5, 0.6) is 5.75 Å². The number of carbonyl (C=O) groups is 2. The number of aromatic amines is 1. The van der Waals surface area contributed by atoms with Crippen molar-refractivity contribution in [1.29, 1.82) is 0 Å². The highest BCUT2D eigenvalue weighted by molar-refractivity contribution is 7.71. The molecule has 0 spiro atoms. The number of ketones is 1. The number of hydrogen-bond acceptors (Lipinski definition) is 5. The minimum absolute atomic E-state index is 0.0155. The minimum atomic E-state index is -0.153. The number of anilines is 1. The van der Waals surface area contributed by atoms with Gasteiger partial charge >= 0.3 is 0 Å². The number of nitrogens with one attached hydrogen (secondary N) is 2. The second-order valence-electron chi connectivity index (χ2n) is 6.16. The molecule has 0 aliphatic heterocycles. The van der Waals surface area contributed by atoms with E-state index in [1.807, 2.05) is 24.3 Å². The Balaban J connectivity index is 1.67. The smallest absolute Gasteiger partial charge is 0.226 e. The van der Waals surface area contributed by atoms with Crippen LogP contribution >= 0.6 is 12.2 Å². The largest absolute Gasteiger partial charge is 0.497 e. The SMILES string of the molecule is COc1ccc(-c2n[nH]c(=S)n2CCC(=O)Nc2ccc(C(C)=O)cc2)cc1. The molecule has 0 atom stereocenters. The van der Waals surface area contributed by atoms with Crippen molar-refractivity contribution in [3.05, 3.63) is 58.9 Å². The van der Waals surface area contributed by atoms with Crippen molar-refractivity contribution in [2.75, 3.05) is 12.4 Å². The monoisotopic (exact) mass is 396 g/mol. The first-order valence-electron chi connectivity index (χ1n) is 8.68. The lowest BCUT2D eigenvalue weighted by Crippen LogP contribution is -2.15. The molecule has 28 heavy (non-hydrogen) atoms. The number of Topliss-reactive ketones (excluding diaryl/α,β-unsaturated/α-hetero) is 1. The van der Waals surface area contributed by atoms with Gasteiger partial charge in [0.2, 0.25) is 5.91 Å². The number of nitrogens with zero attached hydrogens (tertiary/aromatic N) is 2. The molecule has 8 heteroatoms. The van der Waals surface area contributed by atoms with E-state index in [-0.39, 0.29) is 18.1 Å². The van der Waals surface area contributed by atoms with Crippen LogP contribution in [-0.2, 0) is 11.3 Å². The lowest BCUT2D eigenvalue weighted by atomic mass is 10.1. The molecule has 7 nitrogen and oxygen atoms in total. The van der Waals surface area contributed by atoms with Crippen LogP contribution in [0.25, 0.3) is 11.4 Å². The Morgan fingerprint density at radius 1 is 1.14 bits per heavy atom. The summed E-state index contributed by atoms with van der Waals surface area (Å²) in [5.74, 6) is 1.24. The molecule has 0 fully saturated rings. The van der Waals surface area contributed by atoms with Crippen LogP contribution in [-0.4, -0.2) is 33.6 Å². The Bertz CT molecular complexity index is 1040. The molecule has 0 unspecified atom stereocenters. The third kappa shape index (κ3) is 4.52. The van der Waals surface area contributed by atoms with E-state index in [1.54, 1.807) is 35.9 Å². The number of amides is 1. The highest BCUT2D eigenvalue weighted by atomic mass is 32.1. The molecule has 1 heterocycles. The molecule has 1 amide bonds. The second kappa shape index (κ2) is 8.62. The fourth-order valence-corrected chi connectivity index (χ4v) is 2.93. The third-order valence-electron chi connectivity index (χ3n) is 4.24. The Morgan fingerprint density at radius 3 is 2.43 bits per heavy atom. The van der Waals surface area contributed by atoms with E-state index in [0.29, 0.717) is 28.4 Å². The van der Waals surface area contributed by atoms with Gasteiger partial charge in [0.1, 0.15) is 5.75 Å². The van der Waals surface area contributed by atoms with Crippen molar-refractivity contribution in [2.45, 2.75) is 19.9 Å². The van der Waals surface area contributed by atoms with Gasteiger partial charge in [0.25, 0.3) is 0 Å². The molecule has 0 aliphatic carbocycles. The highest BCUT2D eigenvalue weighted by Crippen LogP contribution is 2.21. The molecule has 0 saturated heterocycles. The first-order valence-corrected chi connectivity index (χ1v) is 9.09. The maximum Gasteiger partial charge on any atom is 0.226 e. The average Bonchev–Trinajstić information content (AvgIpc) is 3.07. The summed E-state index contributed by atoms with van der Waals surface area (Å²) >= 11 is 5.30. The van der Waals surface area contributed by atoms with Gasteiger partial charge in [-0.2, -0.15) is 5.10 Å². The molecule has 2 aromatic carbocycles. The zero-order valence-corrected chi connectivity index (χ0v) is 16.4. The van der Waals surface area contributed by atoms with Gasteiger partial charge in [-0.25, -0.2) is 0 Å². The number of H-pyrrole nitrogens is 1. The Morgan fingerprint density at radius 2 is 1.82 bits per heavy atom. The first-order chi connectivity index (χ1) is 13.5. The van der Waals surface area contributed by atoms with Crippen molar-refractivity contribution >= 4 is 29.6 Å². The number of aromatic nitrogens is 3. The summed E-state index contributed by atoms with van der Waals surface area (Å²) in [4.78, 5) is 23.6. The summed E-state index contributed by atoms with van der Waals surface area (Å²) in [6, 6.07) is 14.2. The summed E-state index contributed by atoms with van der Waals surface area (Å²) in [6.07, 6.45) is 0.228. The van der Waals surface area contributed by atoms with Crippen LogP contribution in [0.2, 0.25) is 0 Å². The molecular weight excluding hydrogens is 376 g/mol. The number of hydrogen-bond donors (Lipinski definition) is 2. The van der Waals surface area contributed by atoms with E-state index in [9.17, 15) is 9.59 Å². The fraction of sp³-hybridized carbons (Fsp3) is 0.200. The second-order valence-corrected chi connectivity index (χ2v) is 6.55. The van der Waals surface area contributed by atoms with Crippen LogP contribution in [0.4, 0.5) is 5.69 Å². The van der Waals surface area contributed by atoms with Crippen LogP contribution in [0.15, 0.2) is 48.5 Å². The van der Waals surface area contributed by atoms with Crippen LogP contribution < -0.4 is 10.1 Å². The fourth-order valence-electron chi connectivity index (χ4n) is 2.71. The third-order valence-corrected chi connectivity index (χ3v) is 4.56. The molecule has 0 aliphatic rings. The minimum Gasteiger partial charge on any atom is -0.497 e. The van der Waals surface area contributed by atoms with Gasteiger partial charge < -0.3 is 10.1 Å². The molecule has 144 valence electrons. The van der Waals surface area contributed by atoms with Gasteiger partial charge in [0.15, 0.2) is 16.4 Å². The zero-order chi connectivity index (χ0) is 20.1. The average molecular weight is 396 g/mol. The van der Waals surface area contributed by atoms with Crippen molar-refractivity contribution < 1.29 is 14.3 Å². The van der Waals surface area contributed by atoms with E-state index in [2.05, 4.69) is 15.5 Å². The van der Waals surface area contributed by atoms with Crippen LogP contribution in [0.1, 0.15) is 23.7 Å². The summed E-state index contributed by atoms with van der Waals surface area (Å²) in [5, 5.41) is 9.87. The Kier molecular flexibility index (Phi) is 6.00. The Hall–Kier alpha value is -3.26. The van der Waals surface area contributed by atoms with Gasteiger partial charge in [-0.05, 0) is 67.7 Å². The molecule has 2 N–H and O–H groups in total.